The van der Waals surface area contributed by atoms with Gasteiger partial charge in [-0.05, 0) is 43.4 Å². The average molecular weight is 245 g/mol. The molecule has 0 heterocycles. The summed E-state index contributed by atoms with van der Waals surface area (Å²) in [5, 5.41) is 3.04. The standard InChI is InChI=1S/C16H23NO/c1-12-7-8-13(2)15(11-12)17-16(18)10-9-14-5-3-4-6-14/h7-8,11,14H,3-6,9-10H2,1-2H3,(H,17,18). The zero-order chi connectivity index (χ0) is 13.0. The van der Waals surface area contributed by atoms with Gasteiger partial charge in [-0.2, -0.15) is 0 Å². The Balaban J connectivity index is 1.84. The molecule has 1 aliphatic rings. The molecule has 0 bridgehead atoms. The van der Waals surface area contributed by atoms with Crippen molar-refractivity contribution in [2.75, 3.05) is 5.32 Å². The highest BCUT2D eigenvalue weighted by atomic mass is 16.1. The number of hydrogen-bond donors (Lipinski definition) is 1. The fourth-order valence-electron chi connectivity index (χ4n) is 2.72. The van der Waals surface area contributed by atoms with E-state index in [0.717, 1.165) is 23.6 Å². The third kappa shape index (κ3) is 3.59. The van der Waals surface area contributed by atoms with Crippen LogP contribution in [0.25, 0.3) is 0 Å². The smallest absolute Gasteiger partial charge is 0.224 e. The lowest BCUT2D eigenvalue weighted by atomic mass is 10.0. The molecule has 2 heteroatoms. The largest absolute Gasteiger partial charge is 0.326 e. The summed E-state index contributed by atoms with van der Waals surface area (Å²) in [6.45, 7) is 4.08. The topological polar surface area (TPSA) is 29.1 Å². The van der Waals surface area contributed by atoms with Crippen LogP contribution in [0, 0.1) is 19.8 Å². The number of hydrogen-bond acceptors (Lipinski definition) is 1. The number of aryl methyl sites for hydroxylation is 2. The quantitative estimate of drug-likeness (QED) is 0.845. The fourth-order valence-corrected chi connectivity index (χ4v) is 2.72. The Morgan fingerprint density at radius 1 is 1.28 bits per heavy atom. The van der Waals surface area contributed by atoms with Crippen molar-refractivity contribution in [3.63, 3.8) is 0 Å². The highest BCUT2D eigenvalue weighted by Crippen LogP contribution is 2.28. The number of benzene rings is 1. The van der Waals surface area contributed by atoms with Crippen molar-refractivity contribution in [1.82, 2.24) is 0 Å². The van der Waals surface area contributed by atoms with Gasteiger partial charge in [0.1, 0.15) is 0 Å². The molecule has 0 saturated heterocycles. The van der Waals surface area contributed by atoms with Gasteiger partial charge in [0.25, 0.3) is 0 Å². The zero-order valence-corrected chi connectivity index (χ0v) is 11.5. The Morgan fingerprint density at radius 3 is 2.72 bits per heavy atom. The molecule has 18 heavy (non-hydrogen) atoms. The minimum atomic E-state index is 0.163. The van der Waals surface area contributed by atoms with E-state index in [1.54, 1.807) is 0 Å². The predicted molar refractivity (Wildman–Crippen MR) is 75.7 cm³/mol. The zero-order valence-electron chi connectivity index (χ0n) is 11.5. The van der Waals surface area contributed by atoms with Gasteiger partial charge in [-0.1, -0.05) is 37.8 Å². The van der Waals surface area contributed by atoms with Gasteiger partial charge in [0, 0.05) is 12.1 Å². The van der Waals surface area contributed by atoms with Crippen LogP contribution in [-0.4, -0.2) is 5.91 Å². The van der Waals surface area contributed by atoms with E-state index in [1.807, 2.05) is 19.9 Å². The first kappa shape index (κ1) is 13.1. The molecule has 1 N–H and O–H groups in total. The first-order valence-electron chi connectivity index (χ1n) is 7.02. The van der Waals surface area contributed by atoms with Gasteiger partial charge in [-0.3, -0.25) is 4.79 Å². The van der Waals surface area contributed by atoms with Gasteiger partial charge < -0.3 is 5.32 Å². The second kappa shape index (κ2) is 6.03. The molecule has 1 aromatic carbocycles. The first-order chi connectivity index (χ1) is 8.65. The summed E-state index contributed by atoms with van der Waals surface area (Å²) < 4.78 is 0. The van der Waals surface area contributed by atoms with Crippen molar-refractivity contribution in [2.24, 2.45) is 5.92 Å². The summed E-state index contributed by atoms with van der Waals surface area (Å²) in [7, 11) is 0. The first-order valence-corrected chi connectivity index (χ1v) is 7.02. The maximum absolute atomic E-state index is 11.9. The SMILES string of the molecule is Cc1ccc(C)c(NC(=O)CCC2CCCC2)c1. The van der Waals surface area contributed by atoms with Gasteiger partial charge >= 0.3 is 0 Å². The van der Waals surface area contributed by atoms with Crippen LogP contribution < -0.4 is 5.32 Å². The minimum absolute atomic E-state index is 0.163. The van der Waals surface area contributed by atoms with Crippen molar-refractivity contribution >= 4 is 11.6 Å². The molecule has 0 aromatic heterocycles. The number of carbonyl (C=O) groups excluding carboxylic acids is 1. The molecule has 1 aliphatic carbocycles. The van der Waals surface area contributed by atoms with E-state index in [-0.39, 0.29) is 5.91 Å². The highest BCUT2D eigenvalue weighted by molar-refractivity contribution is 5.91. The summed E-state index contributed by atoms with van der Waals surface area (Å²) >= 11 is 0. The Bertz CT molecular complexity index is 419. The fraction of sp³-hybridized carbons (Fsp3) is 0.562. The molecule has 1 saturated carbocycles. The Kier molecular flexibility index (Phi) is 4.40. The lowest BCUT2D eigenvalue weighted by molar-refractivity contribution is -0.116. The van der Waals surface area contributed by atoms with E-state index < -0.39 is 0 Å². The lowest BCUT2D eigenvalue weighted by Crippen LogP contribution is -2.13. The van der Waals surface area contributed by atoms with E-state index >= 15 is 0 Å². The Labute approximate surface area is 110 Å². The van der Waals surface area contributed by atoms with Crippen LogP contribution in [0.15, 0.2) is 18.2 Å². The molecule has 1 amide bonds. The molecule has 1 aromatic rings. The van der Waals surface area contributed by atoms with Crippen molar-refractivity contribution in [1.29, 1.82) is 0 Å². The van der Waals surface area contributed by atoms with Gasteiger partial charge in [0.2, 0.25) is 5.91 Å². The van der Waals surface area contributed by atoms with Gasteiger partial charge in [-0.25, -0.2) is 0 Å². The van der Waals surface area contributed by atoms with Crippen LogP contribution in [0.1, 0.15) is 49.7 Å². The lowest BCUT2D eigenvalue weighted by Gasteiger charge is -2.11. The third-order valence-corrected chi connectivity index (χ3v) is 3.92. The molecule has 0 unspecified atom stereocenters. The molecule has 98 valence electrons. The molecular weight excluding hydrogens is 222 g/mol. The third-order valence-electron chi connectivity index (χ3n) is 3.92. The van der Waals surface area contributed by atoms with Crippen molar-refractivity contribution in [3.8, 4) is 0 Å². The second-order valence-corrected chi connectivity index (χ2v) is 5.56. The number of amides is 1. The van der Waals surface area contributed by atoms with E-state index in [9.17, 15) is 4.79 Å². The van der Waals surface area contributed by atoms with Crippen molar-refractivity contribution < 1.29 is 4.79 Å². The molecule has 0 aliphatic heterocycles. The molecule has 0 atom stereocenters. The van der Waals surface area contributed by atoms with Crippen molar-refractivity contribution in [3.05, 3.63) is 29.3 Å². The number of rotatable bonds is 4. The second-order valence-electron chi connectivity index (χ2n) is 5.56. The normalized spacial score (nSPS) is 15.9. The van der Waals surface area contributed by atoms with E-state index in [4.69, 9.17) is 0 Å². The van der Waals surface area contributed by atoms with E-state index in [2.05, 4.69) is 17.4 Å². The Morgan fingerprint density at radius 2 is 2.00 bits per heavy atom. The maximum Gasteiger partial charge on any atom is 0.224 e. The summed E-state index contributed by atoms with van der Waals surface area (Å²) in [4.78, 5) is 11.9. The summed E-state index contributed by atoms with van der Waals surface area (Å²) in [5.41, 5.74) is 3.29. The van der Waals surface area contributed by atoms with E-state index in [1.165, 1.54) is 31.2 Å². The van der Waals surface area contributed by atoms with E-state index in [0.29, 0.717) is 6.42 Å². The number of nitrogens with one attached hydrogen (secondary N) is 1. The van der Waals surface area contributed by atoms with Gasteiger partial charge in [0.15, 0.2) is 0 Å². The molecule has 2 rings (SSSR count). The summed E-state index contributed by atoms with van der Waals surface area (Å²) in [5.74, 6) is 0.949. The minimum Gasteiger partial charge on any atom is -0.326 e. The summed E-state index contributed by atoms with van der Waals surface area (Å²) in [6, 6.07) is 6.17. The van der Waals surface area contributed by atoms with Crippen LogP contribution in [0.4, 0.5) is 5.69 Å². The Hall–Kier alpha value is -1.31. The van der Waals surface area contributed by atoms with Gasteiger partial charge in [0.05, 0.1) is 0 Å². The monoisotopic (exact) mass is 245 g/mol. The van der Waals surface area contributed by atoms with Crippen LogP contribution >= 0.6 is 0 Å². The molecular formula is C16H23NO. The maximum atomic E-state index is 11.9. The van der Waals surface area contributed by atoms with Crippen LogP contribution in [0.3, 0.4) is 0 Å². The molecule has 1 fully saturated rings. The van der Waals surface area contributed by atoms with Crippen LogP contribution in [-0.2, 0) is 4.79 Å². The molecule has 0 spiro atoms. The van der Waals surface area contributed by atoms with Crippen molar-refractivity contribution in [2.45, 2.75) is 52.4 Å². The molecule has 0 radical (unpaired) electrons. The van der Waals surface area contributed by atoms with Crippen LogP contribution in [0.2, 0.25) is 0 Å². The highest BCUT2D eigenvalue weighted by Gasteiger charge is 2.16. The number of carbonyl (C=O) groups is 1. The predicted octanol–water partition coefficient (Wildman–Crippen LogP) is 4.21. The van der Waals surface area contributed by atoms with Gasteiger partial charge in [-0.15, -0.1) is 0 Å². The number of anilines is 1. The summed E-state index contributed by atoms with van der Waals surface area (Å²) in [6.07, 6.45) is 7.05. The molecule has 2 nitrogen and oxygen atoms in total. The van der Waals surface area contributed by atoms with Crippen LogP contribution in [0.5, 0.6) is 0 Å². The average Bonchev–Trinajstić information content (AvgIpc) is 2.84.